The summed E-state index contributed by atoms with van der Waals surface area (Å²) in [5, 5.41) is 15.8. The quantitative estimate of drug-likeness (QED) is 0.721. The second-order valence-electron chi connectivity index (χ2n) is 5.73. The van der Waals surface area contributed by atoms with Gasteiger partial charge in [0.05, 0.1) is 37.3 Å². The molecule has 2 N–H and O–H groups in total. The van der Waals surface area contributed by atoms with E-state index in [1.807, 2.05) is 0 Å². The Morgan fingerprint density at radius 1 is 1.38 bits per heavy atom. The van der Waals surface area contributed by atoms with Crippen LogP contribution in [0.15, 0.2) is 46.0 Å². The van der Waals surface area contributed by atoms with Crippen LogP contribution in [0.2, 0.25) is 0 Å². The van der Waals surface area contributed by atoms with Gasteiger partial charge in [-0.05, 0) is 18.2 Å². The number of aliphatic hydroxyl groups excluding tert-OH is 1. The van der Waals surface area contributed by atoms with Gasteiger partial charge in [0.15, 0.2) is 0 Å². The van der Waals surface area contributed by atoms with E-state index in [9.17, 15) is 18.3 Å². The number of carbonyl (C=O) groups is 1. The van der Waals surface area contributed by atoms with Crippen LogP contribution < -0.4 is 5.32 Å². The third-order valence-corrected chi connectivity index (χ3v) is 5.96. The maximum atomic E-state index is 12.9. The summed E-state index contributed by atoms with van der Waals surface area (Å²) in [4.78, 5) is 12.3. The van der Waals surface area contributed by atoms with E-state index in [0.29, 0.717) is 5.69 Å². The number of morpholine rings is 1. The highest BCUT2D eigenvalue weighted by Crippen LogP contribution is 2.21. The van der Waals surface area contributed by atoms with Crippen molar-refractivity contribution in [2.75, 3.05) is 26.4 Å². The first kappa shape index (κ1) is 18.5. The molecule has 1 aliphatic rings. The molecule has 2 aromatic rings. The number of rotatable bonds is 6. The Morgan fingerprint density at radius 3 is 2.96 bits per heavy atom. The molecule has 1 aliphatic heterocycles. The number of ether oxygens (including phenoxy) is 1. The molecule has 0 spiro atoms. The smallest absolute Gasteiger partial charge is 0.251 e. The average molecular weight is 381 g/mol. The molecule has 0 saturated carbocycles. The Bertz CT molecular complexity index is 853. The van der Waals surface area contributed by atoms with Crippen LogP contribution in [0.3, 0.4) is 0 Å². The van der Waals surface area contributed by atoms with Gasteiger partial charge in [-0.2, -0.15) is 4.31 Å². The predicted molar refractivity (Wildman–Crippen MR) is 89.7 cm³/mol. The number of aliphatic hydroxyl groups is 1. The predicted octanol–water partition coefficient (Wildman–Crippen LogP) is -0.0136. The van der Waals surface area contributed by atoms with Crippen molar-refractivity contribution in [3.05, 3.63) is 47.9 Å². The molecule has 1 aromatic heterocycles. The molecule has 3 rings (SSSR count). The van der Waals surface area contributed by atoms with E-state index in [2.05, 4.69) is 15.0 Å². The van der Waals surface area contributed by atoms with Crippen LogP contribution >= 0.6 is 0 Å². The maximum Gasteiger partial charge on any atom is 0.251 e. The van der Waals surface area contributed by atoms with Gasteiger partial charge in [0, 0.05) is 18.2 Å². The molecule has 0 bridgehead atoms. The van der Waals surface area contributed by atoms with E-state index in [4.69, 9.17) is 4.74 Å². The fraction of sp³-hybridized carbons (Fsp3) is 0.375. The lowest BCUT2D eigenvalue weighted by atomic mass is 10.2. The highest BCUT2D eigenvalue weighted by atomic mass is 32.2. The fourth-order valence-electron chi connectivity index (χ4n) is 2.63. The molecular weight excluding hydrogens is 362 g/mol. The average Bonchev–Trinajstić information content (AvgIpc) is 3.19. The monoisotopic (exact) mass is 381 g/mol. The lowest BCUT2D eigenvalue weighted by Crippen LogP contribution is -2.50. The van der Waals surface area contributed by atoms with Crippen molar-refractivity contribution in [2.24, 2.45) is 0 Å². The Labute approximate surface area is 150 Å². The summed E-state index contributed by atoms with van der Waals surface area (Å²) in [6, 6.07) is 6.75. The van der Waals surface area contributed by atoms with Crippen LogP contribution in [0.5, 0.6) is 0 Å². The molecule has 1 aromatic carbocycles. The van der Waals surface area contributed by atoms with Crippen LogP contribution in [0.4, 0.5) is 0 Å². The van der Waals surface area contributed by atoms with Crippen molar-refractivity contribution >= 4 is 15.9 Å². The molecule has 2 heterocycles. The maximum absolute atomic E-state index is 12.9. The second-order valence-corrected chi connectivity index (χ2v) is 7.62. The molecule has 1 fully saturated rings. The van der Waals surface area contributed by atoms with Crippen molar-refractivity contribution < 1.29 is 27.6 Å². The highest BCUT2D eigenvalue weighted by Gasteiger charge is 2.34. The minimum Gasteiger partial charge on any atom is -0.395 e. The Hall–Kier alpha value is -2.27. The van der Waals surface area contributed by atoms with Crippen molar-refractivity contribution in [1.29, 1.82) is 0 Å². The lowest BCUT2D eigenvalue weighted by Gasteiger charge is -2.33. The first-order valence-corrected chi connectivity index (χ1v) is 9.44. The number of nitrogens with zero attached hydrogens (tertiary/aromatic N) is 2. The van der Waals surface area contributed by atoms with E-state index in [1.165, 1.54) is 34.8 Å². The van der Waals surface area contributed by atoms with Gasteiger partial charge >= 0.3 is 0 Å². The second kappa shape index (κ2) is 7.96. The SMILES string of the molecule is O=C(NCc1ccon1)c1cccc(S(=O)(=O)N2CCOC[C@H]2CO)c1. The molecule has 0 unspecified atom stereocenters. The van der Waals surface area contributed by atoms with Gasteiger partial charge < -0.3 is 19.7 Å². The third-order valence-electron chi connectivity index (χ3n) is 4.01. The standard InChI is InChI=1S/C16H19N3O6S/c20-10-14-11-24-7-5-19(14)26(22,23)15-3-1-2-12(8-15)16(21)17-9-13-4-6-25-18-13/h1-4,6,8,14,20H,5,7,9-11H2,(H,17,21)/t14-/m1/s1. The van der Waals surface area contributed by atoms with Crippen molar-refractivity contribution in [2.45, 2.75) is 17.5 Å². The van der Waals surface area contributed by atoms with Crippen LogP contribution in [-0.2, 0) is 21.3 Å². The van der Waals surface area contributed by atoms with Gasteiger partial charge in [-0.1, -0.05) is 11.2 Å². The van der Waals surface area contributed by atoms with Gasteiger partial charge in [-0.3, -0.25) is 4.79 Å². The van der Waals surface area contributed by atoms with Gasteiger partial charge in [0.1, 0.15) is 12.0 Å². The first-order valence-electron chi connectivity index (χ1n) is 8.00. The van der Waals surface area contributed by atoms with Crippen LogP contribution in [0, 0.1) is 0 Å². The fourth-order valence-corrected chi connectivity index (χ4v) is 4.27. The molecule has 0 radical (unpaired) electrons. The molecule has 1 saturated heterocycles. The van der Waals surface area contributed by atoms with Crippen molar-refractivity contribution in [3.63, 3.8) is 0 Å². The van der Waals surface area contributed by atoms with Crippen LogP contribution in [0.25, 0.3) is 0 Å². The zero-order chi connectivity index (χ0) is 18.6. The summed E-state index contributed by atoms with van der Waals surface area (Å²) in [6.07, 6.45) is 1.40. The molecule has 26 heavy (non-hydrogen) atoms. The van der Waals surface area contributed by atoms with E-state index in [-0.39, 0.29) is 43.4 Å². The Morgan fingerprint density at radius 2 is 2.23 bits per heavy atom. The summed E-state index contributed by atoms with van der Waals surface area (Å²) in [5.41, 5.74) is 0.768. The minimum atomic E-state index is -3.85. The van der Waals surface area contributed by atoms with E-state index >= 15 is 0 Å². The Kier molecular flexibility index (Phi) is 5.67. The van der Waals surface area contributed by atoms with Gasteiger partial charge in [0.2, 0.25) is 10.0 Å². The van der Waals surface area contributed by atoms with Crippen LogP contribution in [0.1, 0.15) is 16.1 Å². The number of sulfonamides is 1. The summed E-state index contributed by atoms with van der Waals surface area (Å²) < 4.78 is 36.9. The Balaban J connectivity index is 1.78. The first-order chi connectivity index (χ1) is 12.5. The number of nitrogens with one attached hydrogen (secondary N) is 1. The van der Waals surface area contributed by atoms with E-state index in [1.54, 1.807) is 6.07 Å². The molecular formula is C16H19N3O6S. The summed E-state index contributed by atoms with van der Waals surface area (Å²) in [7, 11) is -3.85. The zero-order valence-corrected chi connectivity index (χ0v) is 14.7. The number of carbonyl (C=O) groups excluding carboxylic acids is 1. The molecule has 9 nitrogen and oxygen atoms in total. The van der Waals surface area contributed by atoms with Crippen molar-refractivity contribution in [1.82, 2.24) is 14.8 Å². The number of amides is 1. The normalized spacial score (nSPS) is 18.6. The van der Waals surface area contributed by atoms with E-state index in [0.717, 1.165) is 0 Å². The molecule has 1 atom stereocenters. The number of aromatic nitrogens is 1. The number of hydrogen-bond donors (Lipinski definition) is 2. The van der Waals surface area contributed by atoms with Crippen molar-refractivity contribution in [3.8, 4) is 0 Å². The van der Waals surface area contributed by atoms with Gasteiger partial charge in [0.25, 0.3) is 5.91 Å². The van der Waals surface area contributed by atoms with Gasteiger partial charge in [-0.15, -0.1) is 0 Å². The van der Waals surface area contributed by atoms with E-state index < -0.39 is 22.0 Å². The molecule has 1 amide bonds. The zero-order valence-electron chi connectivity index (χ0n) is 13.9. The highest BCUT2D eigenvalue weighted by molar-refractivity contribution is 7.89. The third kappa shape index (κ3) is 3.93. The molecule has 10 heteroatoms. The number of benzene rings is 1. The number of hydrogen-bond acceptors (Lipinski definition) is 7. The van der Waals surface area contributed by atoms with Crippen LogP contribution in [-0.4, -0.2) is 61.3 Å². The minimum absolute atomic E-state index is 0.00747. The summed E-state index contributed by atoms with van der Waals surface area (Å²) >= 11 is 0. The largest absolute Gasteiger partial charge is 0.395 e. The summed E-state index contributed by atoms with van der Waals surface area (Å²) in [6.45, 7) is 0.372. The van der Waals surface area contributed by atoms with Gasteiger partial charge in [-0.25, -0.2) is 8.42 Å². The molecule has 0 aliphatic carbocycles. The lowest BCUT2D eigenvalue weighted by molar-refractivity contribution is 0.0109. The molecule has 140 valence electrons. The topological polar surface area (TPSA) is 122 Å². The summed E-state index contributed by atoms with van der Waals surface area (Å²) in [5.74, 6) is -0.425.